The van der Waals surface area contributed by atoms with Gasteiger partial charge in [0, 0.05) is 0 Å². The van der Waals surface area contributed by atoms with Gasteiger partial charge in [-0.2, -0.15) is 0 Å². The van der Waals surface area contributed by atoms with Crippen LogP contribution in [0.15, 0.2) is 42.5 Å². The molecule has 0 amide bonds. The number of ether oxygens (including phenoxy) is 3. The SMILES string of the molecule is CNC(c1cccc(OC)c1)c1c(OC)cccc1OC. The van der Waals surface area contributed by atoms with Gasteiger partial charge < -0.3 is 19.5 Å². The first-order chi connectivity index (χ1) is 10.2. The Bertz CT molecular complexity index is 576. The Morgan fingerprint density at radius 1 is 0.857 bits per heavy atom. The summed E-state index contributed by atoms with van der Waals surface area (Å²) in [5, 5.41) is 3.32. The average molecular weight is 287 g/mol. The van der Waals surface area contributed by atoms with Crippen molar-refractivity contribution in [2.45, 2.75) is 6.04 Å². The highest BCUT2D eigenvalue weighted by Crippen LogP contribution is 2.37. The van der Waals surface area contributed by atoms with Crippen molar-refractivity contribution in [2.24, 2.45) is 0 Å². The molecule has 4 nitrogen and oxygen atoms in total. The molecule has 0 spiro atoms. The van der Waals surface area contributed by atoms with Crippen LogP contribution in [0, 0.1) is 0 Å². The molecule has 1 atom stereocenters. The van der Waals surface area contributed by atoms with Crippen LogP contribution in [-0.2, 0) is 0 Å². The Balaban J connectivity index is 2.55. The minimum atomic E-state index is -0.0498. The van der Waals surface area contributed by atoms with Gasteiger partial charge in [-0.05, 0) is 36.9 Å². The monoisotopic (exact) mass is 287 g/mol. The van der Waals surface area contributed by atoms with Crippen LogP contribution in [0.2, 0.25) is 0 Å². The molecule has 2 aromatic rings. The van der Waals surface area contributed by atoms with Crippen molar-refractivity contribution in [3.8, 4) is 17.2 Å². The molecule has 2 rings (SSSR count). The second kappa shape index (κ2) is 6.99. The predicted molar refractivity (Wildman–Crippen MR) is 83.4 cm³/mol. The molecule has 0 heterocycles. The molecule has 0 aliphatic heterocycles. The van der Waals surface area contributed by atoms with E-state index in [1.165, 1.54) is 0 Å². The number of rotatable bonds is 6. The minimum Gasteiger partial charge on any atom is -0.497 e. The second-order valence-electron chi connectivity index (χ2n) is 4.57. The maximum Gasteiger partial charge on any atom is 0.127 e. The first-order valence-electron chi connectivity index (χ1n) is 6.77. The number of nitrogens with one attached hydrogen (secondary N) is 1. The lowest BCUT2D eigenvalue weighted by molar-refractivity contribution is 0.378. The van der Waals surface area contributed by atoms with Crippen LogP contribution < -0.4 is 19.5 Å². The zero-order valence-corrected chi connectivity index (χ0v) is 12.8. The molecule has 0 radical (unpaired) electrons. The van der Waals surface area contributed by atoms with E-state index in [2.05, 4.69) is 11.4 Å². The third-order valence-electron chi connectivity index (χ3n) is 3.47. The van der Waals surface area contributed by atoms with Crippen LogP contribution in [0.5, 0.6) is 17.2 Å². The molecule has 112 valence electrons. The van der Waals surface area contributed by atoms with Crippen LogP contribution in [0.3, 0.4) is 0 Å². The van der Waals surface area contributed by atoms with E-state index in [0.717, 1.165) is 28.4 Å². The summed E-state index contributed by atoms with van der Waals surface area (Å²) in [6.07, 6.45) is 0. The van der Waals surface area contributed by atoms with E-state index < -0.39 is 0 Å². The van der Waals surface area contributed by atoms with Crippen molar-refractivity contribution in [1.29, 1.82) is 0 Å². The Morgan fingerprint density at radius 2 is 1.48 bits per heavy atom. The fourth-order valence-corrected chi connectivity index (χ4v) is 2.46. The van der Waals surface area contributed by atoms with E-state index in [0.29, 0.717) is 0 Å². The number of hydrogen-bond donors (Lipinski definition) is 1. The number of hydrogen-bond acceptors (Lipinski definition) is 4. The largest absolute Gasteiger partial charge is 0.497 e. The molecular weight excluding hydrogens is 266 g/mol. The van der Waals surface area contributed by atoms with E-state index >= 15 is 0 Å². The summed E-state index contributed by atoms with van der Waals surface area (Å²) in [6, 6.07) is 13.7. The topological polar surface area (TPSA) is 39.7 Å². The van der Waals surface area contributed by atoms with Gasteiger partial charge in [0.25, 0.3) is 0 Å². The highest BCUT2D eigenvalue weighted by atomic mass is 16.5. The fraction of sp³-hybridized carbons (Fsp3) is 0.294. The van der Waals surface area contributed by atoms with Crippen molar-refractivity contribution in [2.75, 3.05) is 28.4 Å². The molecule has 1 N–H and O–H groups in total. The molecule has 0 saturated heterocycles. The van der Waals surface area contributed by atoms with E-state index in [-0.39, 0.29) is 6.04 Å². The van der Waals surface area contributed by atoms with Gasteiger partial charge in [0.2, 0.25) is 0 Å². The average Bonchev–Trinajstić information content (AvgIpc) is 2.55. The van der Waals surface area contributed by atoms with Crippen molar-refractivity contribution < 1.29 is 14.2 Å². The molecule has 0 saturated carbocycles. The van der Waals surface area contributed by atoms with Crippen LogP contribution >= 0.6 is 0 Å². The van der Waals surface area contributed by atoms with Gasteiger partial charge in [0.05, 0.1) is 32.9 Å². The molecule has 0 aliphatic rings. The maximum atomic E-state index is 5.50. The van der Waals surface area contributed by atoms with Gasteiger partial charge in [-0.3, -0.25) is 0 Å². The summed E-state index contributed by atoms with van der Waals surface area (Å²) in [5.41, 5.74) is 2.05. The van der Waals surface area contributed by atoms with Crippen molar-refractivity contribution in [3.05, 3.63) is 53.6 Å². The summed E-state index contributed by atoms with van der Waals surface area (Å²) in [7, 11) is 6.90. The molecule has 21 heavy (non-hydrogen) atoms. The highest BCUT2D eigenvalue weighted by molar-refractivity contribution is 5.51. The van der Waals surface area contributed by atoms with Crippen LogP contribution in [-0.4, -0.2) is 28.4 Å². The Kier molecular flexibility index (Phi) is 5.06. The van der Waals surface area contributed by atoms with Gasteiger partial charge in [0.15, 0.2) is 0 Å². The molecule has 0 aliphatic carbocycles. The third-order valence-corrected chi connectivity index (χ3v) is 3.47. The van der Waals surface area contributed by atoms with E-state index in [1.54, 1.807) is 21.3 Å². The predicted octanol–water partition coefficient (Wildman–Crippen LogP) is 3.02. The zero-order valence-electron chi connectivity index (χ0n) is 12.8. The summed E-state index contributed by atoms with van der Waals surface area (Å²) in [5.74, 6) is 2.40. The van der Waals surface area contributed by atoms with Gasteiger partial charge in [-0.1, -0.05) is 18.2 Å². The van der Waals surface area contributed by atoms with Crippen LogP contribution in [0.1, 0.15) is 17.2 Å². The Labute approximate surface area is 125 Å². The molecule has 2 aromatic carbocycles. The number of benzene rings is 2. The van der Waals surface area contributed by atoms with Crippen molar-refractivity contribution >= 4 is 0 Å². The zero-order chi connectivity index (χ0) is 15.2. The van der Waals surface area contributed by atoms with E-state index in [4.69, 9.17) is 14.2 Å². The Hall–Kier alpha value is -2.20. The smallest absolute Gasteiger partial charge is 0.127 e. The normalized spacial score (nSPS) is 11.8. The molecule has 4 heteroatoms. The second-order valence-corrected chi connectivity index (χ2v) is 4.57. The van der Waals surface area contributed by atoms with Crippen LogP contribution in [0.4, 0.5) is 0 Å². The minimum absolute atomic E-state index is 0.0498. The summed E-state index contributed by atoms with van der Waals surface area (Å²) >= 11 is 0. The molecule has 0 bridgehead atoms. The molecule has 0 aromatic heterocycles. The van der Waals surface area contributed by atoms with Crippen molar-refractivity contribution in [3.63, 3.8) is 0 Å². The van der Waals surface area contributed by atoms with Gasteiger partial charge in [-0.15, -0.1) is 0 Å². The summed E-state index contributed by atoms with van der Waals surface area (Å²) in [6.45, 7) is 0. The Morgan fingerprint density at radius 3 is 2.00 bits per heavy atom. The van der Waals surface area contributed by atoms with Gasteiger partial charge in [-0.25, -0.2) is 0 Å². The summed E-state index contributed by atoms with van der Waals surface area (Å²) in [4.78, 5) is 0. The summed E-state index contributed by atoms with van der Waals surface area (Å²) < 4.78 is 16.3. The lowest BCUT2D eigenvalue weighted by Crippen LogP contribution is -2.19. The standard InChI is InChI=1S/C17H21NO3/c1-18-17(12-7-5-8-13(11-12)19-2)16-14(20-3)9-6-10-15(16)21-4/h5-11,17-18H,1-4H3. The maximum absolute atomic E-state index is 5.50. The van der Waals surface area contributed by atoms with Crippen molar-refractivity contribution in [1.82, 2.24) is 5.32 Å². The van der Waals surface area contributed by atoms with Gasteiger partial charge >= 0.3 is 0 Å². The molecule has 1 unspecified atom stereocenters. The van der Waals surface area contributed by atoms with Crippen LogP contribution in [0.25, 0.3) is 0 Å². The van der Waals surface area contributed by atoms with E-state index in [1.807, 2.05) is 43.4 Å². The first kappa shape index (κ1) is 15.2. The molecular formula is C17H21NO3. The highest BCUT2D eigenvalue weighted by Gasteiger charge is 2.21. The van der Waals surface area contributed by atoms with Gasteiger partial charge in [0.1, 0.15) is 17.2 Å². The number of methoxy groups -OCH3 is 3. The third kappa shape index (κ3) is 3.11. The quantitative estimate of drug-likeness (QED) is 0.886. The van der Waals surface area contributed by atoms with E-state index in [9.17, 15) is 0 Å². The first-order valence-corrected chi connectivity index (χ1v) is 6.77. The molecule has 0 fully saturated rings. The lowest BCUT2D eigenvalue weighted by atomic mass is 9.96. The lowest BCUT2D eigenvalue weighted by Gasteiger charge is -2.22. The fourth-order valence-electron chi connectivity index (χ4n) is 2.46.